The molecule has 2 saturated heterocycles. The lowest BCUT2D eigenvalue weighted by atomic mass is 9.75. The standard InChI is InChI=1S/C24H33N5O5/c1-23(32)16-24(34-15-19(23)29-11-7-20(26)27-22(29)31)8-12-28(13-9-24)21(30)17-3-5-18(6-4-17)33-14-2-10-25/h3-7,11,19,32H,2,8-10,12-16,25H2,1H3,(H2,26,27,31)/t19-,23-/m0/s1. The Balaban J connectivity index is 1.37. The number of nitrogens with two attached hydrogens (primary N) is 2. The van der Waals surface area contributed by atoms with Crippen molar-refractivity contribution in [2.45, 2.75) is 49.9 Å². The highest BCUT2D eigenvalue weighted by molar-refractivity contribution is 5.94. The van der Waals surface area contributed by atoms with E-state index >= 15 is 0 Å². The molecule has 0 unspecified atom stereocenters. The fraction of sp³-hybridized carbons (Fsp3) is 0.542. The number of hydrogen-bond donors (Lipinski definition) is 3. The largest absolute Gasteiger partial charge is 0.494 e. The molecule has 2 aromatic rings. The summed E-state index contributed by atoms with van der Waals surface area (Å²) in [6, 6.07) is 8.11. The highest BCUT2D eigenvalue weighted by Gasteiger charge is 2.50. The van der Waals surface area contributed by atoms with Crippen molar-refractivity contribution in [3.8, 4) is 5.75 Å². The number of anilines is 1. The van der Waals surface area contributed by atoms with Crippen LogP contribution in [0.25, 0.3) is 0 Å². The number of aliphatic hydroxyl groups is 1. The summed E-state index contributed by atoms with van der Waals surface area (Å²) in [5, 5.41) is 11.3. The first-order valence-electron chi connectivity index (χ1n) is 11.7. The van der Waals surface area contributed by atoms with Crippen LogP contribution in [0.1, 0.15) is 49.0 Å². The molecule has 1 spiro atoms. The van der Waals surface area contributed by atoms with E-state index in [9.17, 15) is 14.7 Å². The van der Waals surface area contributed by atoms with Crippen LogP contribution in [0.4, 0.5) is 5.82 Å². The van der Waals surface area contributed by atoms with Gasteiger partial charge in [-0.05, 0) is 63.1 Å². The third kappa shape index (κ3) is 5.08. The van der Waals surface area contributed by atoms with Gasteiger partial charge in [0.05, 0.1) is 30.5 Å². The lowest BCUT2D eigenvalue weighted by molar-refractivity contribution is -0.195. The van der Waals surface area contributed by atoms with E-state index in [-0.39, 0.29) is 18.3 Å². The molecule has 10 nitrogen and oxygen atoms in total. The zero-order valence-corrected chi connectivity index (χ0v) is 19.5. The van der Waals surface area contributed by atoms with E-state index in [0.717, 1.165) is 6.42 Å². The highest BCUT2D eigenvalue weighted by atomic mass is 16.5. The number of carbonyl (C=O) groups excluding carboxylic acids is 1. The minimum Gasteiger partial charge on any atom is -0.494 e. The molecule has 1 aromatic carbocycles. The van der Waals surface area contributed by atoms with Gasteiger partial charge in [0.15, 0.2) is 0 Å². The number of amides is 1. The van der Waals surface area contributed by atoms with E-state index in [4.69, 9.17) is 20.9 Å². The molecule has 2 aliphatic rings. The Morgan fingerprint density at radius 3 is 2.59 bits per heavy atom. The topological polar surface area (TPSA) is 146 Å². The van der Waals surface area contributed by atoms with Gasteiger partial charge in [-0.1, -0.05) is 0 Å². The van der Waals surface area contributed by atoms with Crippen LogP contribution in [0.3, 0.4) is 0 Å². The second-order valence-corrected chi connectivity index (χ2v) is 9.39. The van der Waals surface area contributed by atoms with Gasteiger partial charge < -0.3 is 30.9 Å². The number of hydrogen-bond acceptors (Lipinski definition) is 8. The molecule has 0 saturated carbocycles. The first kappa shape index (κ1) is 24.2. The second kappa shape index (κ2) is 9.73. The van der Waals surface area contributed by atoms with Crippen LogP contribution in [0.15, 0.2) is 41.3 Å². The van der Waals surface area contributed by atoms with Gasteiger partial charge in [-0.15, -0.1) is 0 Å². The quantitative estimate of drug-likeness (QED) is 0.528. The van der Waals surface area contributed by atoms with Gasteiger partial charge in [-0.25, -0.2) is 4.79 Å². The maximum Gasteiger partial charge on any atom is 0.349 e. The molecule has 1 amide bonds. The van der Waals surface area contributed by atoms with Gasteiger partial charge in [0.25, 0.3) is 5.91 Å². The minimum absolute atomic E-state index is 0.0386. The molecule has 4 rings (SSSR count). The van der Waals surface area contributed by atoms with Crippen molar-refractivity contribution in [2.24, 2.45) is 5.73 Å². The fourth-order valence-corrected chi connectivity index (χ4v) is 4.89. The molecule has 1 aromatic heterocycles. The van der Waals surface area contributed by atoms with E-state index < -0.39 is 22.9 Å². The summed E-state index contributed by atoms with van der Waals surface area (Å²) in [5.74, 6) is 0.814. The van der Waals surface area contributed by atoms with Crippen molar-refractivity contribution in [3.05, 3.63) is 52.6 Å². The zero-order chi connectivity index (χ0) is 24.3. The van der Waals surface area contributed by atoms with Crippen LogP contribution in [-0.4, -0.2) is 69.5 Å². The molecular formula is C24H33N5O5. The van der Waals surface area contributed by atoms with Crippen LogP contribution in [0, 0.1) is 0 Å². The first-order valence-corrected chi connectivity index (χ1v) is 11.7. The molecule has 5 N–H and O–H groups in total. The lowest BCUT2D eigenvalue weighted by Crippen LogP contribution is -2.59. The zero-order valence-electron chi connectivity index (χ0n) is 19.5. The Kier molecular flexibility index (Phi) is 6.92. The van der Waals surface area contributed by atoms with E-state index in [0.29, 0.717) is 56.8 Å². The number of aromatic nitrogens is 2. The van der Waals surface area contributed by atoms with Crippen molar-refractivity contribution in [1.82, 2.24) is 14.5 Å². The summed E-state index contributed by atoms with van der Waals surface area (Å²) in [6.45, 7) is 4.07. The summed E-state index contributed by atoms with van der Waals surface area (Å²) in [5.41, 5.74) is 9.44. The van der Waals surface area contributed by atoms with Gasteiger partial charge in [0, 0.05) is 31.3 Å². The molecule has 34 heavy (non-hydrogen) atoms. The lowest BCUT2D eigenvalue weighted by Gasteiger charge is -2.51. The number of carbonyl (C=O) groups is 1. The maximum atomic E-state index is 13.0. The predicted molar refractivity (Wildman–Crippen MR) is 127 cm³/mol. The average molecular weight is 472 g/mol. The number of benzene rings is 1. The number of nitrogens with zero attached hydrogens (tertiary/aromatic N) is 3. The molecule has 2 aliphatic heterocycles. The van der Waals surface area contributed by atoms with Gasteiger partial charge >= 0.3 is 5.69 Å². The van der Waals surface area contributed by atoms with E-state index in [2.05, 4.69) is 4.98 Å². The first-order chi connectivity index (χ1) is 16.2. The molecule has 0 radical (unpaired) electrons. The van der Waals surface area contributed by atoms with Gasteiger partial charge in [0.2, 0.25) is 0 Å². The van der Waals surface area contributed by atoms with Crippen molar-refractivity contribution in [1.29, 1.82) is 0 Å². The van der Waals surface area contributed by atoms with Crippen LogP contribution in [-0.2, 0) is 4.74 Å². The van der Waals surface area contributed by atoms with E-state index in [1.165, 1.54) is 10.6 Å². The van der Waals surface area contributed by atoms with Gasteiger partial charge in [0.1, 0.15) is 11.6 Å². The van der Waals surface area contributed by atoms with Crippen LogP contribution in [0.2, 0.25) is 0 Å². The summed E-state index contributed by atoms with van der Waals surface area (Å²) in [4.78, 5) is 30.9. The maximum absolute atomic E-state index is 13.0. The van der Waals surface area contributed by atoms with Gasteiger partial charge in [-0.2, -0.15) is 4.98 Å². The number of likely N-dealkylation sites (tertiary alicyclic amines) is 1. The van der Waals surface area contributed by atoms with Crippen molar-refractivity contribution in [2.75, 3.05) is 38.6 Å². The molecule has 0 bridgehead atoms. The third-order valence-corrected chi connectivity index (χ3v) is 6.81. The Morgan fingerprint density at radius 2 is 1.97 bits per heavy atom. The molecule has 10 heteroatoms. The van der Waals surface area contributed by atoms with E-state index in [1.807, 2.05) is 4.90 Å². The molecule has 2 fully saturated rings. The van der Waals surface area contributed by atoms with E-state index in [1.54, 1.807) is 37.4 Å². The summed E-state index contributed by atoms with van der Waals surface area (Å²) >= 11 is 0. The number of piperidine rings is 1. The third-order valence-electron chi connectivity index (χ3n) is 6.81. The summed E-state index contributed by atoms with van der Waals surface area (Å²) in [6.07, 6.45) is 3.90. The summed E-state index contributed by atoms with van der Waals surface area (Å²) in [7, 11) is 0. The fourth-order valence-electron chi connectivity index (χ4n) is 4.89. The number of nitrogen functional groups attached to an aromatic ring is 1. The molecule has 3 heterocycles. The molecule has 0 aliphatic carbocycles. The van der Waals surface area contributed by atoms with Crippen molar-refractivity contribution in [3.63, 3.8) is 0 Å². The van der Waals surface area contributed by atoms with Crippen LogP contribution >= 0.6 is 0 Å². The van der Waals surface area contributed by atoms with Crippen molar-refractivity contribution < 1.29 is 19.4 Å². The minimum atomic E-state index is -1.17. The molecule has 2 atom stereocenters. The average Bonchev–Trinajstić information content (AvgIpc) is 2.80. The normalized spacial score (nSPS) is 24.2. The smallest absolute Gasteiger partial charge is 0.349 e. The highest BCUT2D eigenvalue weighted by Crippen LogP contribution is 2.43. The van der Waals surface area contributed by atoms with Crippen LogP contribution in [0.5, 0.6) is 5.75 Å². The van der Waals surface area contributed by atoms with Gasteiger partial charge in [-0.3, -0.25) is 9.36 Å². The molecular weight excluding hydrogens is 438 g/mol. The summed E-state index contributed by atoms with van der Waals surface area (Å²) < 4.78 is 13.2. The Hall–Kier alpha value is -2.95. The monoisotopic (exact) mass is 471 g/mol. The Labute approximate surface area is 198 Å². The SMILES string of the molecule is C[C@]1(O)CC2(CCN(C(=O)c3ccc(OCCCN)cc3)CC2)OC[C@@H]1n1ccc(N)nc1=O. The number of rotatable bonds is 6. The number of ether oxygens (including phenoxy) is 2. The second-order valence-electron chi connectivity index (χ2n) is 9.39. The Bertz CT molecular complexity index is 1060. The van der Waals surface area contributed by atoms with Crippen molar-refractivity contribution >= 4 is 11.7 Å². The Morgan fingerprint density at radius 1 is 1.26 bits per heavy atom. The predicted octanol–water partition coefficient (Wildman–Crippen LogP) is 0.941. The van der Waals surface area contributed by atoms with Crippen LogP contribution < -0.4 is 21.9 Å². The molecule has 184 valence electrons.